The van der Waals surface area contributed by atoms with Gasteiger partial charge in [0.25, 0.3) is 5.91 Å². The average molecular weight is 373 g/mol. The Morgan fingerprint density at radius 3 is 2.48 bits per heavy atom. The molecule has 146 valence electrons. The molecule has 2 unspecified atom stereocenters. The van der Waals surface area contributed by atoms with Crippen LogP contribution in [0, 0.1) is 17.3 Å². The lowest BCUT2D eigenvalue weighted by Crippen LogP contribution is -2.58. The van der Waals surface area contributed by atoms with Crippen molar-refractivity contribution < 1.29 is 24.2 Å². The van der Waals surface area contributed by atoms with E-state index in [0.717, 1.165) is 37.9 Å². The standard InChI is InChI=1S/C21H27NO5/c23-18(22-6-7-26-17-4-2-1-3-5-17)13-27-19(24)20-9-15-8-16(10-20)12-21(25,11-15)14-20/h1-5,15-16,25H,6-14H2,(H,22,23). The molecule has 1 aromatic carbocycles. The fourth-order valence-electron chi connectivity index (χ4n) is 5.66. The molecule has 0 aromatic heterocycles. The van der Waals surface area contributed by atoms with Crippen molar-refractivity contribution in [2.75, 3.05) is 19.8 Å². The third kappa shape index (κ3) is 3.95. The highest BCUT2D eigenvalue weighted by Gasteiger charge is 2.60. The zero-order chi connectivity index (χ0) is 18.9. The first-order valence-electron chi connectivity index (χ1n) is 9.81. The van der Waals surface area contributed by atoms with Gasteiger partial charge in [0.1, 0.15) is 12.4 Å². The minimum atomic E-state index is -0.708. The number of rotatable bonds is 7. The predicted molar refractivity (Wildman–Crippen MR) is 98.0 cm³/mol. The first-order valence-corrected chi connectivity index (χ1v) is 9.81. The molecular formula is C21H27NO5. The Labute approximate surface area is 159 Å². The van der Waals surface area contributed by atoms with Crippen molar-refractivity contribution in [2.45, 2.75) is 44.1 Å². The molecule has 0 aliphatic heterocycles. The van der Waals surface area contributed by atoms with Crippen molar-refractivity contribution in [1.29, 1.82) is 0 Å². The van der Waals surface area contributed by atoms with E-state index in [9.17, 15) is 14.7 Å². The lowest BCUT2D eigenvalue weighted by molar-refractivity contribution is -0.196. The van der Waals surface area contributed by atoms with Gasteiger partial charge in [-0.05, 0) is 62.5 Å². The molecule has 1 aromatic rings. The van der Waals surface area contributed by atoms with Crippen LogP contribution in [0.5, 0.6) is 5.75 Å². The van der Waals surface area contributed by atoms with Gasteiger partial charge in [0.05, 0.1) is 17.6 Å². The second-order valence-electron chi connectivity index (χ2n) is 8.55. The van der Waals surface area contributed by atoms with Crippen molar-refractivity contribution in [2.24, 2.45) is 17.3 Å². The van der Waals surface area contributed by atoms with E-state index >= 15 is 0 Å². The number of nitrogens with one attached hydrogen (secondary N) is 1. The molecule has 27 heavy (non-hydrogen) atoms. The molecule has 6 nitrogen and oxygen atoms in total. The summed E-state index contributed by atoms with van der Waals surface area (Å²) in [7, 11) is 0. The Bertz CT molecular complexity index is 690. The van der Waals surface area contributed by atoms with Crippen LogP contribution in [0.15, 0.2) is 30.3 Å². The molecule has 0 saturated heterocycles. The Kier molecular flexibility index (Phi) is 4.84. The molecule has 4 saturated carbocycles. The molecule has 5 rings (SSSR count). The SMILES string of the molecule is O=C(COC(=O)C12CC3CC(CC(O)(C3)C1)C2)NCCOc1ccccc1. The summed E-state index contributed by atoms with van der Waals surface area (Å²) in [6, 6.07) is 9.38. The maximum Gasteiger partial charge on any atom is 0.312 e. The van der Waals surface area contributed by atoms with Gasteiger partial charge in [0.15, 0.2) is 6.61 Å². The molecule has 4 aliphatic rings. The van der Waals surface area contributed by atoms with Crippen LogP contribution in [0.1, 0.15) is 38.5 Å². The number of hydrogen-bond donors (Lipinski definition) is 2. The summed E-state index contributed by atoms with van der Waals surface area (Å²) in [5.41, 5.74) is -1.30. The van der Waals surface area contributed by atoms with Gasteiger partial charge < -0.3 is 19.9 Å². The van der Waals surface area contributed by atoms with Gasteiger partial charge >= 0.3 is 5.97 Å². The molecule has 0 radical (unpaired) electrons. The fourth-order valence-corrected chi connectivity index (χ4v) is 5.66. The number of aliphatic hydroxyl groups is 1. The number of para-hydroxylation sites is 1. The van der Waals surface area contributed by atoms with E-state index in [2.05, 4.69) is 5.32 Å². The zero-order valence-corrected chi connectivity index (χ0v) is 15.5. The number of hydrogen-bond acceptors (Lipinski definition) is 5. The maximum absolute atomic E-state index is 12.7. The zero-order valence-electron chi connectivity index (χ0n) is 15.5. The van der Waals surface area contributed by atoms with E-state index in [1.54, 1.807) is 0 Å². The third-order valence-corrected chi connectivity index (χ3v) is 6.23. The molecular weight excluding hydrogens is 346 g/mol. The van der Waals surface area contributed by atoms with Crippen LogP contribution in [0.3, 0.4) is 0 Å². The summed E-state index contributed by atoms with van der Waals surface area (Å²) in [5.74, 6) is 0.924. The topological polar surface area (TPSA) is 84.9 Å². The van der Waals surface area contributed by atoms with Crippen molar-refractivity contribution in [1.82, 2.24) is 5.32 Å². The van der Waals surface area contributed by atoms with Crippen molar-refractivity contribution in [3.05, 3.63) is 30.3 Å². The fraction of sp³-hybridized carbons (Fsp3) is 0.619. The lowest BCUT2D eigenvalue weighted by Gasteiger charge is -2.58. The van der Waals surface area contributed by atoms with Crippen LogP contribution < -0.4 is 10.1 Å². The molecule has 6 heteroatoms. The Hall–Kier alpha value is -2.08. The summed E-state index contributed by atoms with van der Waals surface area (Å²) >= 11 is 0. The van der Waals surface area contributed by atoms with Crippen LogP contribution in [-0.2, 0) is 14.3 Å². The summed E-state index contributed by atoms with van der Waals surface area (Å²) < 4.78 is 10.9. The molecule has 2 atom stereocenters. The Morgan fingerprint density at radius 2 is 1.81 bits per heavy atom. The first kappa shape index (κ1) is 18.3. The number of benzene rings is 1. The van der Waals surface area contributed by atoms with E-state index in [0.29, 0.717) is 31.4 Å². The van der Waals surface area contributed by atoms with Crippen LogP contribution >= 0.6 is 0 Å². The van der Waals surface area contributed by atoms with Crippen LogP contribution in [-0.4, -0.2) is 42.3 Å². The number of carbonyl (C=O) groups is 2. The maximum atomic E-state index is 12.7. The van der Waals surface area contributed by atoms with Crippen molar-refractivity contribution >= 4 is 11.9 Å². The molecule has 4 aliphatic carbocycles. The highest BCUT2D eigenvalue weighted by molar-refractivity contribution is 5.83. The lowest BCUT2D eigenvalue weighted by atomic mass is 9.48. The largest absolute Gasteiger partial charge is 0.492 e. The van der Waals surface area contributed by atoms with Crippen LogP contribution in [0.2, 0.25) is 0 Å². The van der Waals surface area contributed by atoms with Gasteiger partial charge in [0, 0.05) is 0 Å². The molecule has 2 N–H and O–H groups in total. The molecule has 0 spiro atoms. The van der Waals surface area contributed by atoms with Crippen LogP contribution in [0.4, 0.5) is 0 Å². The van der Waals surface area contributed by atoms with Crippen molar-refractivity contribution in [3.63, 3.8) is 0 Å². The normalized spacial score (nSPS) is 33.5. The first-order chi connectivity index (χ1) is 13.0. The van der Waals surface area contributed by atoms with E-state index < -0.39 is 11.0 Å². The highest BCUT2D eigenvalue weighted by atomic mass is 16.5. The quantitative estimate of drug-likeness (QED) is 0.564. The number of carbonyl (C=O) groups excluding carboxylic acids is 2. The van der Waals surface area contributed by atoms with E-state index in [1.165, 1.54) is 0 Å². The summed E-state index contributed by atoms with van der Waals surface area (Å²) in [5, 5.41) is 13.4. The van der Waals surface area contributed by atoms with Crippen molar-refractivity contribution in [3.8, 4) is 5.75 Å². The minimum absolute atomic E-state index is 0.278. The number of amides is 1. The Morgan fingerprint density at radius 1 is 1.11 bits per heavy atom. The Balaban J connectivity index is 1.21. The molecule has 0 heterocycles. The number of ether oxygens (including phenoxy) is 2. The smallest absolute Gasteiger partial charge is 0.312 e. The second-order valence-corrected chi connectivity index (χ2v) is 8.55. The van der Waals surface area contributed by atoms with Gasteiger partial charge in [-0.3, -0.25) is 9.59 Å². The summed E-state index contributed by atoms with van der Waals surface area (Å²) in [6.45, 7) is 0.421. The van der Waals surface area contributed by atoms with E-state index in [-0.39, 0.29) is 18.5 Å². The van der Waals surface area contributed by atoms with E-state index in [1.807, 2.05) is 30.3 Å². The number of esters is 1. The second kappa shape index (κ2) is 7.15. The van der Waals surface area contributed by atoms with Gasteiger partial charge in [-0.25, -0.2) is 0 Å². The van der Waals surface area contributed by atoms with Gasteiger partial charge in [-0.2, -0.15) is 0 Å². The molecule has 1 amide bonds. The van der Waals surface area contributed by atoms with E-state index in [4.69, 9.17) is 9.47 Å². The van der Waals surface area contributed by atoms with Gasteiger partial charge in [-0.1, -0.05) is 18.2 Å². The van der Waals surface area contributed by atoms with Gasteiger partial charge in [-0.15, -0.1) is 0 Å². The third-order valence-electron chi connectivity index (χ3n) is 6.23. The van der Waals surface area contributed by atoms with Gasteiger partial charge in [0.2, 0.25) is 0 Å². The predicted octanol–water partition coefficient (Wildman–Crippen LogP) is 2.06. The minimum Gasteiger partial charge on any atom is -0.492 e. The molecule has 4 fully saturated rings. The summed E-state index contributed by atoms with van der Waals surface area (Å²) in [6.07, 6.45) is 4.78. The van der Waals surface area contributed by atoms with Crippen LogP contribution in [0.25, 0.3) is 0 Å². The monoisotopic (exact) mass is 373 g/mol. The highest BCUT2D eigenvalue weighted by Crippen LogP contribution is 2.61. The molecule has 4 bridgehead atoms. The summed E-state index contributed by atoms with van der Waals surface area (Å²) in [4.78, 5) is 24.7. The average Bonchev–Trinajstić information content (AvgIpc) is 2.62.